The number of β-amino-alcohol motifs (C(OH)–C–C–N with tert-alkyl or cyclic N) is 1. The molecule has 1 aliphatic heterocycles. The summed E-state index contributed by atoms with van der Waals surface area (Å²) in [5.41, 5.74) is 3.73. The number of halogens is 2. The average Bonchev–Trinajstić information content (AvgIpc) is 2.56. The lowest BCUT2D eigenvalue weighted by Crippen LogP contribution is -2.60. The van der Waals surface area contributed by atoms with Crippen LogP contribution >= 0.6 is 0 Å². The molecule has 2 atom stereocenters. The summed E-state index contributed by atoms with van der Waals surface area (Å²) in [6.07, 6.45) is 0.125. The summed E-state index contributed by atoms with van der Waals surface area (Å²) in [5, 5.41) is 10.4. The fourth-order valence-electron chi connectivity index (χ4n) is 2.83. The zero-order valence-electron chi connectivity index (χ0n) is 8.97. The van der Waals surface area contributed by atoms with Crippen molar-refractivity contribution in [3.05, 3.63) is 0 Å². The molecule has 15 heavy (non-hydrogen) atoms. The van der Waals surface area contributed by atoms with Crippen LogP contribution in [0.5, 0.6) is 0 Å². The Bertz CT molecular complexity index is 274. The van der Waals surface area contributed by atoms with Crippen LogP contribution in [0.1, 0.15) is 25.7 Å². The molecule has 2 aliphatic rings. The molecule has 2 fully saturated rings. The number of aliphatic hydroxyl groups is 1. The van der Waals surface area contributed by atoms with Gasteiger partial charge in [-0.05, 0) is 19.9 Å². The molecular weight excluding hydrogens is 202 g/mol. The first kappa shape index (κ1) is 11.2. The molecule has 2 unspecified atom stereocenters. The molecule has 3 nitrogen and oxygen atoms in total. The minimum Gasteiger partial charge on any atom is -0.387 e. The second-order valence-corrected chi connectivity index (χ2v) is 5.21. The maximum atomic E-state index is 13.2. The number of rotatable bonds is 1. The summed E-state index contributed by atoms with van der Waals surface area (Å²) in [6, 6.07) is 0. The van der Waals surface area contributed by atoms with Gasteiger partial charge in [0.05, 0.1) is 11.1 Å². The zero-order valence-corrected chi connectivity index (χ0v) is 8.97. The third kappa shape index (κ3) is 1.77. The van der Waals surface area contributed by atoms with Crippen molar-refractivity contribution >= 4 is 0 Å². The standard InChI is InChI=1S/C10H18F2N2O/c1-14-5-4-9(15,7-14)8(13)2-3-10(11,12)6-8/h15H,2-7,13H2,1H3. The predicted octanol–water partition coefficient (Wildman–Crippen LogP) is 0.570. The van der Waals surface area contributed by atoms with Crippen LogP contribution in [0.3, 0.4) is 0 Å². The van der Waals surface area contributed by atoms with Crippen molar-refractivity contribution in [2.24, 2.45) is 5.73 Å². The van der Waals surface area contributed by atoms with Gasteiger partial charge in [-0.1, -0.05) is 0 Å². The molecule has 0 spiro atoms. The van der Waals surface area contributed by atoms with Crippen molar-refractivity contribution in [1.29, 1.82) is 0 Å². The monoisotopic (exact) mass is 220 g/mol. The van der Waals surface area contributed by atoms with Gasteiger partial charge in [0, 0.05) is 25.9 Å². The van der Waals surface area contributed by atoms with E-state index in [0.29, 0.717) is 13.0 Å². The van der Waals surface area contributed by atoms with E-state index in [9.17, 15) is 13.9 Å². The molecule has 2 rings (SSSR count). The Balaban J connectivity index is 2.17. The number of alkyl halides is 2. The van der Waals surface area contributed by atoms with Crippen molar-refractivity contribution in [1.82, 2.24) is 4.90 Å². The van der Waals surface area contributed by atoms with Crippen molar-refractivity contribution in [3.63, 3.8) is 0 Å². The van der Waals surface area contributed by atoms with Crippen molar-refractivity contribution < 1.29 is 13.9 Å². The molecule has 0 aromatic heterocycles. The Kier molecular flexibility index (Phi) is 2.34. The van der Waals surface area contributed by atoms with Crippen LogP contribution in [-0.4, -0.2) is 47.2 Å². The SMILES string of the molecule is CN1CCC(O)(C2(N)CCC(F)(F)C2)C1. The van der Waals surface area contributed by atoms with Crippen LogP contribution in [0.25, 0.3) is 0 Å². The molecule has 0 amide bonds. The van der Waals surface area contributed by atoms with Crippen LogP contribution in [-0.2, 0) is 0 Å². The number of likely N-dealkylation sites (N-methyl/N-ethyl adjacent to an activating group) is 1. The second-order valence-electron chi connectivity index (χ2n) is 5.21. The molecule has 1 saturated heterocycles. The summed E-state index contributed by atoms with van der Waals surface area (Å²) in [4.78, 5) is 1.94. The fourth-order valence-corrected chi connectivity index (χ4v) is 2.83. The van der Waals surface area contributed by atoms with E-state index in [1.165, 1.54) is 0 Å². The molecule has 0 bridgehead atoms. The molecule has 88 valence electrons. The van der Waals surface area contributed by atoms with E-state index in [-0.39, 0.29) is 19.3 Å². The highest BCUT2D eigenvalue weighted by Crippen LogP contribution is 2.47. The smallest absolute Gasteiger partial charge is 0.250 e. The maximum absolute atomic E-state index is 13.2. The maximum Gasteiger partial charge on any atom is 0.250 e. The first-order valence-electron chi connectivity index (χ1n) is 5.34. The van der Waals surface area contributed by atoms with E-state index in [4.69, 9.17) is 5.73 Å². The lowest BCUT2D eigenvalue weighted by molar-refractivity contribution is -0.0510. The van der Waals surface area contributed by atoms with Crippen molar-refractivity contribution in [3.8, 4) is 0 Å². The van der Waals surface area contributed by atoms with E-state index in [0.717, 1.165) is 6.54 Å². The minimum absolute atomic E-state index is 0.199. The molecule has 0 aromatic carbocycles. The van der Waals surface area contributed by atoms with Gasteiger partial charge < -0.3 is 15.7 Å². The van der Waals surface area contributed by atoms with E-state index < -0.39 is 17.1 Å². The van der Waals surface area contributed by atoms with Gasteiger partial charge in [-0.2, -0.15) is 0 Å². The fraction of sp³-hybridized carbons (Fsp3) is 1.00. The molecule has 1 heterocycles. The van der Waals surface area contributed by atoms with E-state index in [1.807, 2.05) is 11.9 Å². The number of nitrogens with zero attached hydrogens (tertiary/aromatic N) is 1. The van der Waals surface area contributed by atoms with Gasteiger partial charge in [0.25, 0.3) is 0 Å². The summed E-state index contributed by atoms with van der Waals surface area (Å²) >= 11 is 0. The van der Waals surface area contributed by atoms with E-state index in [1.54, 1.807) is 0 Å². The third-order valence-electron chi connectivity index (χ3n) is 3.88. The highest BCUT2D eigenvalue weighted by molar-refractivity contribution is 5.13. The quantitative estimate of drug-likeness (QED) is 0.679. The van der Waals surface area contributed by atoms with E-state index >= 15 is 0 Å². The summed E-state index contributed by atoms with van der Waals surface area (Å²) in [7, 11) is 1.87. The van der Waals surface area contributed by atoms with Crippen LogP contribution in [0.2, 0.25) is 0 Å². The summed E-state index contributed by atoms with van der Waals surface area (Å²) < 4.78 is 26.3. The van der Waals surface area contributed by atoms with Gasteiger partial charge in [-0.15, -0.1) is 0 Å². The lowest BCUT2D eigenvalue weighted by atomic mass is 9.78. The highest BCUT2D eigenvalue weighted by atomic mass is 19.3. The first-order chi connectivity index (χ1) is 6.77. The molecular formula is C10H18F2N2O. The van der Waals surface area contributed by atoms with Crippen LogP contribution in [0.15, 0.2) is 0 Å². The van der Waals surface area contributed by atoms with Crippen LogP contribution in [0.4, 0.5) is 8.78 Å². The Labute approximate surface area is 88.2 Å². The van der Waals surface area contributed by atoms with Gasteiger partial charge in [-0.25, -0.2) is 8.78 Å². The van der Waals surface area contributed by atoms with Crippen LogP contribution in [0, 0.1) is 0 Å². The zero-order chi connectivity index (χ0) is 11.3. The van der Waals surface area contributed by atoms with E-state index in [2.05, 4.69) is 0 Å². The Hall–Kier alpha value is -0.260. The molecule has 1 saturated carbocycles. The minimum atomic E-state index is -2.70. The van der Waals surface area contributed by atoms with Gasteiger partial charge in [-0.3, -0.25) is 0 Å². The number of nitrogens with two attached hydrogens (primary N) is 1. The van der Waals surface area contributed by atoms with Gasteiger partial charge >= 0.3 is 0 Å². The molecule has 1 aliphatic carbocycles. The van der Waals surface area contributed by atoms with Crippen molar-refractivity contribution in [2.45, 2.75) is 42.7 Å². The number of hydrogen-bond donors (Lipinski definition) is 2. The van der Waals surface area contributed by atoms with Gasteiger partial charge in [0.1, 0.15) is 0 Å². The molecule has 0 radical (unpaired) electrons. The Morgan fingerprint density at radius 2 is 1.93 bits per heavy atom. The normalized spacial score (nSPS) is 46.2. The predicted molar refractivity (Wildman–Crippen MR) is 52.8 cm³/mol. The molecule has 3 N–H and O–H groups in total. The third-order valence-corrected chi connectivity index (χ3v) is 3.88. The molecule has 0 aromatic rings. The Morgan fingerprint density at radius 1 is 1.27 bits per heavy atom. The molecule has 5 heteroatoms. The van der Waals surface area contributed by atoms with Crippen molar-refractivity contribution in [2.75, 3.05) is 20.1 Å². The van der Waals surface area contributed by atoms with Gasteiger partial charge in [0.2, 0.25) is 5.92 Å². The van der Waals surface area contributed by atoms with Crippen LogP contribution < -0.4 is 5.73 Å². The topological polar surface area (TPSA) is 49.5 Å². The largest absolute Gasteiger partial charge is 0.387 e. The summed E-state index contributed by atoms with van der Waals surface area (Å²) in [5.74, 6) is -2.70. The number of hydrogen-bond acceptors (Lipinski definition) is 3. The first-order valence-corrected chi connectivity index (χ1v) is 5.34. The summed E-state index contributed by atoms with van der Waals surface area (Å²) in [6.45, 7) is 1.13. The average molecular weight is 220 g/mol. The van der Waals surface area contributed by atoms with Gasteiger partial charge in [0.15, 0.2) is 0 Å². The number of likely N-dealkylation sites (tertiary alicyclic amines) is 1. The second kappa shape index (κ2) is 3.12. The highest BCUT2D eigenvalue weighted by Gasteiger charge is 2.59. The lowest BCUT2D eigenvalue weighted by Gasteiger charge is -2.39. The Morgan fingerprint density at radius 3 is 2.33 bits per heavy atom.